The van der Waals surface area contributed by atoms with Crippen molar-refractivity contribution in [3.05, 3.63) is 12.2 Å². The van der Waals surface area contributed by atoms with Crippen molar-refractivity contribution in [2.24, 2.45) is 0 Å². The number of carbonyl (C=O) groups is 1. The first-order valence-electron chi connectivity index (χ1n) is 4.59. The molecular weight excluding hydrogens is 298 g/mol. The molecule has 1 rings (SSSR count). The van der Waals surface area contributed by atoms with Crippen molar-refractivity contribution < 1.29 is 9.18 Å². The molecule has 1 heterocycles. The second-order valence-corrected chi connectivity index (χ2v) is 4.55. The van der Waals surface area contributed by atoms with Crippen LogP contribution in [0.25, 0.3) is 0 Å². The van der Waals surface area contributed by atoms with Crippen LogP contribution in [0.2, 0.25) is 0 Å². The van der Waals surface area contributed by atoms with Gasteiger partial charge in [-0.05, 0) is 13.0 Å². The van der Waals surface area contributed by atoms with Crippen molar-refractivity contribution in [3.63, 3.8) is 0 Å². The summed E-state index contributed by atoms with van der Waals surface area (Å²) in [5.41, 5.74) is 0. The van der Waals surface area contributed by atoms with Crippen LogP contribution in [-0.2, 0) is 4.79 Å². The number of hydrogen-bond acceptors (Lipinski definition) is 2. The standard InChI is InChI=1S/C9H14FIN2O/c1-8-7-12(5-6-13(8)11)9(14)3-2-4-10/h2-3,8H,4-7H2,1H3/b3-2+. The maximum atomic E-state index is 11.8. The van der Waals surface area contributed by atoms with Gasteiger partial charge in [-0.3, -0.25) is 4.79 Å². The zero-order chi connectivity index (χ0) is 10.6. The van der Waals surface area contributed by atoms with Crippen LogP contribution in [0.1, 0.15) is 6.92 Å². The van der Waals surface area contributed by atoms with E-state index in [4.69, 9.17) is 0 Å². The van der Waals surface area contributed by atoms with Crippen molar-refractivity contribution >= 4 is 28.8 Å². The fraction of sp³-hybridized carbons (Fsp3) is 0.667. The van der Waals surface area contributed by atoms with Gasteiger partial charge in [-0.1, -0.05) is 0 Å². The molecule has 0 aromatic heterocycles. The van der Waals surface area contributed by atoms with Crippen LogP contribution in [0, 0.1) is 0 Å². The Morgan fingerprint density at radius 3 is 2.93 bits per heavy atom. The number of halogens is 2. The van der Waals surface area contributed by atoms with E-state index in [1.807, 2.05) is 0 Å². The molecule has 0 saturated carbocycles. The number of hydrogen-bond donors (Lipinski definition) is 0. The quantitative estimate of drug-likeness (QED) is 0.437. The third-order valence-electron chi connectivity index (χ3n) is 2.21. The van der Waals surface area contributed by atoms with E-state index in [1.165, 1.54) is 12.2 Å². The van der Waals surface area contributed by atoms with Crippen LogP contribution in [0.5, 0.6) is 0 Å². The number of rotatable bonds is 2. The van der Waals surface area contributed by atoms with Crippen molar-refractivity contribution in [2.45, 2.75) is 13.0 Å². The third kappa shape index (κ3) is 3.20. The highest BCUT2D eigenvalue weighted by Gasteiger charge is 2.23. The molecule has 1 fully saturated rings. The first-order valence-corrected chi connectivity index (χ1v) is 5.55. The molecule has 1 unspecified atom stereocenters. The van der Waals surface area contributed by atoms with Crippen LogP contribution >= 0.6 is 22.9 Å². The molecule has 1 aliphatic rings. The summed E-state index contributed by atoms with van der Waals surface area (Å²) in [4.78, 5) is 13.2. The summed E-state index contributed by atoms with van der Waals surface area (Å²) in [5, 5.41) is 0. The van der Waals surface area contributed by atoms with Gasteiger partial charge in [0.2, 0.25) is 5.91 Å². The highest BCUT2D eigenvalue weighted by molar-refractivity contribution is 14.1. The van der Waals surface area contributed by atoms with Crippen LogP contribution < -0.4 is 0 Å². The van der Waals surface area contributed by atoms with E-state index in [0.717, 1.165) is 19.6 Å². The van der Waals surface area contributed by atoms with Gasteiger partial charge in [-0.25, -0.2) is 7.50 Å². The molecule has 0 bridgehead atoms. The van der Waals surface area contributed by atoms with E-state index in [1.54, 1.807) is 4.90 Å². The number of piperazine rings is 1. The molecule has 5 heteroatoms. The average molecular weight is 312 g/mol. The second kappa shape index (κ2) is 5.65. The molecule has 3 nitrogen and oxygen atoms in total. The predicted octanol–water partition coefficient (Wildman–Crippen LogP) is 1.39. The monoisotopic (exact) mass is 312 g/mol. The van der Waals surface area contributed by atoms with E-state index < -0.39 is 6.67 Å². The van der Waals surface area contributed by atoms with Crippen LogP contribution in [0.4, 0.5) is 4.39 Å². The molecule has 0 radical (unpaired) electrons. The van der Waals surface area contributed by atoms with Gasteiger partial charge in [-0.15, -0.1) is 0 Å². The molecule has 1 amide bonds. The van der Waals surface area contributed by atoms with Crippen molar-refractivity contribution in [1.29, 1.82) is 0 Å². The molecule has 0 aromatic carbocycles. The molecule has 0 aromatic rings. The third-order valence-corrected chi connectivity index (χ3v) is 3.64. The van der Waals surface area contributed by atoms with Gasteiger partial charge in [0.05, 0.1) is 0 Å². The minimum atomic E-state index is -0.576. The number of allylic oxidation sites excluding steroid dienone is 1. The second-order valence-electron chi connectivity index (χ2n) is 3.31. The largest absolute Gasteiger partial charge is 0.336 e. The van der Waals surface area contributed by atoms with E-state index in [0.29, 0.717) is 6.04 Å². The van der Waals surface area contributed by atoms with Crippen molar-refractivity contribution in [3.8, 4) is 0 Å². The molecular formula is C9H14FIN2O. The Kier molecular flexibility index (Phi) is 4.80. The Labute approximate surface area is 97.4 Å². The zero-order valence-electron chi connectivity index (χ0n) is 8.12. The number of amides is 1. The van der Waals surface area contributed by atoms with Gasteiger partial charge < -0.3 is 4.90 Å². The summed E-state index contributed by atoms with van der Waals surface area (Å²) < 4.78 is 14.0. The number of carbonyl (C=O) groups excluding carboxylic acids is 1. The Morgan fingerprint density at radius 2 is 2.36 bits per heavy atom. The molecule has 1 atom stereocenters. The summed E-state index contributed by atoms with van der Waals surface area (Å²) in [6.07, 6.45) is 2.57. The first kappa shape index (κ1) is 11.9. The average Bonchev–Trinajstić information content (AvgIpc) is 2.18. The van der Waals surface area contributed by atoms with Gasteiger partial charge in [0.25, 0.3) is 0 Å². The van der Waals surface area contributed by atoms with Gasteiger partial charge in [0, 0.05) is 54.6 Å². The molecule has 0 spiro atoms. The SMILES string of the molecule is CC1CN(C(=O)/C=C/CF)CCN1I. The smallest absolute Gasteiger partial charge is 0.246 e. The van der Waals surface area contributed by atoms with E-state index in [2.05, 4.69) is 32.9 Å². The minimum absolute atomic E-state index is 0.0843. The van der Waals surface area contributed by atoms with E-state index >= 15 is 0 Å². The molecule has 0 aliphatic carbocycles. The van der Waals surface area contributed by atoms with Gasteiger partial charge >= 0.3 is 0 Å². The maximum Gasteiger partial charge on any atom is 0.246 e. The zero-order valence-corrected chi connectivity index (χ0v) is 10.3. The van der Waals surface area contributed by atoms with Crippen molar-refractivity contribution in [2.75, 3.05) is 26.3 Å². The summed E-state index contributed by atoms with van der Waals surface area (Å²) >= 11 is 2.26. The molecule has 80 valence electrons. The Balaban J connectivity index is 2.46. The molecule has 0 N–H and O–H groups in total. The minimum Gasteiger partial charge on any atom is -0.336 e. The fourth-order valence-electron chi connectivity index (χ4n) is 1.39. The Hall–Kier alpha value is -0.170. The van der Waals surface area contributed by atoms with E-state index in [-0.39, 0.29) is 5.91 Å². The topological polar surface area (TPSA) is 23.6 Å². The predicted molar refractivity (Wildman–Crippen MR) is 61.9 cm³/mol. The summed E-state index contributed by atoms with van der Waals surface area (Å²) in [6, 6.07) is 0.368. The lowest BCUT2D eigenvalue weighted by molar-refractivity contribution is -0.127. The van der Waals surface area contributed by atoms with E-state index in [9.17, 15) is 9.18 Å². The lowest BCUT2D eigenvalue weighted by Crippen LogP contribution is -2.49. The van der Waals surface area contributed by atoms with Gasteiger partial charge in [-0.2, -0.15) is 0 Å². The fourth-order valence-corrected chi connectivity index (χ4v) is 1.78. The highest BCUT2D eigenvalue weighted by atomic mass is 127. The molecule has 14 heavy (non-hydrogen) atoms. The van der Waals surface area contributed by atoms with Crippen molar-refractivity contribution in [1.82, 2.24) is 8.01 Å². The van der Waals surface area contributed by atoms with Crippen LogP contribution in [0.3, 0.4) is 0 Å². The normalized spacial score (nSPS) is 24.5. The number of alkyl halides is 1. The summed E-state index contributed by atoms with van der Waals surface area (Å²) in [6.45, 7) is 3.82. The maximum absolute atomic E-state index is 11.8. The van der Waals surface area contributed by atoms with Crippen LogP contribution in [0.15, 0.2) is 12.2 Å². The first-order chi connectivity index (χ1) is 6.65. The lowest BCUT2D eigenvalue weighted by Gasteiger charge is -2.35. The molecule has 1 aliphatic heterocycles. The van der Waals surface area contributed by atoms with Crippen LogP contribution in [-0.4, -0.2) is 46.3 Å². The lowest BCUT2D eigenvalue weighted by atomic mass is 10.2. The summed E-state index contributed by atoms with van der Waals surface area (Å²) in [5.74, 6) is -0.0843. The Bertz CT molecular complexity index is 235. The van der Waals surface area contributed by atoms with Gasteiger partial charge in [0.1, 0.15) is 6.67 Å². The highest BCUT2D eigenvalue weighted by Crippen LogP contribution is 2.13. The number of nitrogens with zero attached hydrogens (tertiary/aromatic N) is 2. The summed E-state index contributed by atoms with van der Waals surface area (Å²) in [7, 11) is 0. The van der Waals surface area contributed by atoms with Gasteiger partial charge in [0.15, 0.2) is 0 Å². The Morgan fingerprint density at radius 1 is 1.64 bits per heavy atom. The molecule has 1 saturated heterocycles.